The summed E-state index contributed by atoms with van der Waals surface area (Å²) in [5, 5.41) is 8.27. The van der Waals surface area contributed by atoms with Crippen molar-refractivity contribution in [3.63, 3.8) is 0 Å². The summed E-state index contributed by atoms with van der Waals surface area (Å²) in [7, 11) is 0. The molecule has 0 aromatic carbocycles. The van der Waals surface area contributed by atoms with Crippen LogP contribution in [0.2, 0.25) is 0 Å². The number of hydrogen-bond acceptors (Lipinski definition) is 3. The molecule has 0 bridgehead atoms. The summed E-state index contributed by atoms with van der Waals surface area (Å²) in [6, 6.07) is 0. The van der Waals surface area contributed by atoms with Crippen molar-refractivity contribution in [3.05, 3.63) is 0 Å². The summed E-state index contributed by atoms with van der Waals surface area (Å²) in [5.41, 5.74) is 0.678. The summed E-state index contributed by atoms with van der Waals surface area (Å²) < 4.78 is 0. The molecule has 0 radical (unpaired) electrons. The molecule has 23 heavy (non-hydrogen) atoms. The molecule has 126 valence electrons. The maximum Gasteiger partial charge on any atom is 0.139 e. The molecule has 4 aliphatic rings. The van der Waals surface area contributed by atoms with Crippen LogP contribution in [-0.4, -0.2) is 17.3 Å². The molecule has 0 aliphatic heterocycles. The number of hydrogen-bond donors (Lipinski definition) is 1. The Hall–Kier alpha value is -0.990. The Kier molecular flexibility index (Phi) is 3.55. The molecule has 4 rings (SSSR count). The molecule has 7 atom stereocenters. The second-order valence-corrected chi connectivity index (χ2v) is 8.79. The molecule has 0 aromatic heterocycles. The highest BCUT2D eigenvalue weighted by molar-refractivity contribution is 5.93. The van der Waals surface area contributed by atoms with Crippen molar-refractivity contribution in [2.45, 2.75) is 65.2 Å². The number of Topliss-reactive ketones (excluding diaryl/α,β-unsaturated/α-hetero) is 2. The number of rotatable bonds is 1. The molecule has 1 N–H and O–H groups in total. The fraction of sp³-hybridized carbons (Fsp3) is 0.850. The van der Waals surface area contributed by atoms with Gasteiger partial charge in [-0.25, -0.2) is 0 Å². The Bertz CT molecular complexity index is 568. The lowest BCUT2D eigenvalue weighted by molar-refractivity contribution is -0.144. The van der Waals surface area contributed by atoms with Gasteiger partial charge in [-0.1, -0.05) is 13.8 Å². The van der Waals surface area contributed by atoms with E-state index in [0.717, 1.165) is 50.7 Å². The zero-order valence-electron chi connectivity index (χ0n) is 14.4. The smallest absolute Gasteiger partial charge is 0.139 e. The van der Waals surface area contributed by atoms with Gasteiger partial charge in [-0.2, -0.15) is 0 Å². The van der Waals surface area contributed by atoms with Gasteiger partial charge in [-0.05, 0) is 62.2 Å². The van der Waals surface area contributed by atoms with Gasteiger partial charge in [0.15, 0.2) is 0 Å². The SMILES string of the molecule is CC[C@H]1C(=N)CCC2C3CC[C@]4(C)C(=O)CCC4C3CC(=O)C21. The Morgan fingerprint density at radius 1 is 1.09 bits per heavy atom. The molecule has 4 aliphatic carbocycles. The Morgan fingerprint density at radius 3 is 2.61 bits per heavy atom. The van der Waals surface area contributed by atoms with Crippen molar-refractivity contribution in [2.75, 3.05) is 0 Å². The van der Waals surface area contributed by atoms with Gasteiger partial charge in [0.25, 0.3) is 0 Å². The third-order valence-corrected chi connectivity index (χ3v) is 8.09. The summed E-state index contributed by atoms with van der Waals surface area (Å²) in [6.45, 7) is 4.31. The average molecular weight is 315 g/mol. The van der Waals surface area contributed by atoms with Crippen LogP contribution in [-0.2, 0) is 9.59 Å². The van der Waals surface area contributed by atoms with E-state index in [1.54, 1.807) is 0 Å². The van der Waals surface area contributed by atoms with Gasteiger partial charge < -0.3 is 5.41 Å². The van der Waals surface area contributed by atoms with E-state index in [1.165, 1.54) is 0 Å². The second kappa shape index (κ2) is 5.26. The lowest BCUT2D eigenvalue weighted by Crippen LogP contribution is -2.54. The molecule has 0 heterocycles. The molecule has 3 nitrogen and oxygen atoms in total. The van der Waals surface area contributed by atoms with E-state index in [-0.39, 0.29) is 17.3 Å². The minimum absolute atomic E-state index is 0.115. The van der Waals surface area contributed by atoms with Crippen molar-refractivity contribution in [1.82, 2.24) is 0 Å². The predicted molar refractivity (Wildman–Crippen MR) is 89.4 cm³/mol. The lowest BCUT2D eigenvalue weighted by Gasteiger charge is -2.54. The van der Waals surface area contributed by atoms with E-state index in [9.17, 15) is 9.59 Å². The minimum Gasteiger partial charge on any atom is -0.309 e. The van der Waals surface area contributed by atoms with Gasteiger partial charge in [0.1, 0.15) is 11.6 Å². The highest BCUT2D eigenvalue weighted by Gasteiger charge is 2.59. The number of carbonyl (C=O) groups is 2. The quantitative estimate of drug-likeness (QED) is 0.794. The molecule has 0 aromatic rings. The largest absolute Gasteiger partial charge is 0.309 e. The second-order valence-electron chi connectivity index (χ2n) is 8.79. The summed E-state index contributed by atoms with van der Waals surface area (Å²) in [6.07, 6.45) is 7.43. The molecule has 0 amide bonds. The summed E-state index contributed by atoms with van der Waals surface area (Å²) in [4.78, 5) is 25.4. The zero-order chi connectivity index (χ0) is 16.4. The van der Waals surface area contributed by atoms with Crippen LogP contribution < -0.4 is 0 Å². The van der Waals surface area contributed by atoms with Crippen molar-refractivity contribution < 1.29 is 9.59 Å². The van der Waals surface area contributed by atoms with Crippen LogP contribution in [0.25, 0.3) is 0 Å². The molecule has 5 unspecified atom stereocenters. The van der Waals surface area contributed by atoms with E-state index >= 15 is 0 Å². The predicted octanol–water partition coefficient (Wildman–Crippen LogP) is 4.04. The number of carbonyl (C=O) groups excluding carboxylic acids is 2. The third-order valence-electron chi connectivity index (χ3n) is 8.09. The van der Waals surface area contributed by atoms with Crippen LogP contribution in [0.3, 0.4) is 0 Å². The molecular formula is C20H29NO2. The first-order chi connectivity index (χ1) is 11.0. The van der Waals surface area contributed by atoms with Crippen molar-refractivity contribution in [1.29, 1.82) is 5.41 Å². The van der Waals surface area contributed by atoms with Gasteiger partial charge in [0.05, 0.1) is 0 Å². The van der Waals surface area contributed by atoms with Gasteiger partial charge >= 0.3 is 0 Å². The molecule has 4 saturated carbocycles. The van der Waals surface area contributed by atoms with Crippen molar-refractivity contribution in [3.8, 4) is 0 Å². The maximum atomic E-state index is 13.0. The van der Waals surface area contributed by atoms with Crippen LogP contribution in [0, 0.1) is 46.3 Å². The third kappa shape index (κ3) is 2.04. The standard InChI is InChI=1S/C20H29NO2/c1-3-11-16(21)6-4-13-12-8-9-20(2)15(5-7-18(20)23)14(12)10-17(22)19(11)13/h11-15,19,21H,3-10H2,1-2H3/t11-,12?,13?,14?,15?,19?,20-/m0/s1. The molecule has 0 spiro atoms. The van der Waals surface area contributed by atoms with Crippen molar-refractivity contribution >= 4 is 17.3 Å². The van der Waals surface area contributed by atoms with Gasteiger partial charge in [-0.15, -0.1) is 0 Å². The first-order valence-corrected chi connectivity index (χ1v) is 9.60. The summed E-state index contributed by atoms with van der Waals surface area (Å²) >= 11 is 0. The summed E-state index contributed by atoms with van der Waals surface area (Å²) in [5.74, 6) is 3.18. The van der Waals surface area contributed by atoms with Crippen LogP contribution in [0.1, 0.15) is 65.2 Å². The topological polar surface area (TPSA) is 58.0 Å². The van der Waals surface area contributed by atoms with Gasteiger partial charge in [-0.3, -0.25) is 9.59 Å². The number of ketones is 2. The van der Waals surface area contributed by atoms with Crippen LogP contribution in [0.4, 0.5) is 0 Å². The number of fused-ring (bicyclic) bond motifs is 5. The van der Waals surface area contributed by atoms with Crippen molar-refractivity contribution in [2.24, 2.45) is 40.9 Å². The van der Waals surface area contributed by atoms with E-state index in [4.69, 9.17) is 5.41 Å². The van der Waals surface area contributed by atoms with E-state index in [1.807, 2.05) is 0 Å². The first kappa shape index (κ1) is 15.5. The monoisotopic (exact) mass is 315 g/mol. The Balaban J connectivity index is 1.66. The van der Waals surface area contributed by atoms with Crippen LogP contribution in [0.15, 0.2) is 0 Å². The minimum atomic E-state index is -0.139. The first-order valence-electron chi connectivity index (χ1n) is 9.60. The zero-order valence-corrected chi connectivity index (χ0v) is 14.4. The van der Waals surface area contributed by atoms with E-state index in [2.05, 4.69) is 13.8 Å². The molecule has 3 heteroatoms. The number of nitrogens with one attached hydrogen (secondary N) is 1. The maximum absolute atomic E-state index is 13.0. The Morgan fingerprint density at radius 2 is 1.87 bits per heavy atom. The molecule has 4 fully saturated rings. The fourth-order valence-electron chi connectivity index (χ4n) is 6.93. The highest BCUT2D eigenvalue weighted by Crippen LogP contribution is 2.61. The Labute approximate surface area is 139 Å². The van der Waals surface area contributed by atoms with E-state index < -0.39 is 0 Å². The molecule has 0 saturated heterocycles. The van der Waals surface area contributed by atoms with Gasteiger partial charge in [0, 0.05) is 35.8 Å². The van der Waals surface area contributed by atoms with Crippen LogP contribution in [0.5, 0.6) is 0 Å². The normalized spacial score (nSPS) is 49.6. The highest BCUT2D eigenvalue weighted by atomic mass is 16.1. The van der Waals surface area contributed by atoms with Gasteiger partial charge in [0.2, 0.25) is 0 Å². The lowest BCUT2D eigenvalue weighted by atomic mass is 9.49. The van der Waals surface area contributed by atoms with E-state index in [0.29, 0.717) is 41.7 Å². The average Bonchev–Trinajstić information content (AvgIpc) is 2.83. The molecular weight excluding hydrogens is 286 g/mol. The van der Waals surface area contributed by atoms with Crippen LogP contribution >= 0.6 is 0 Å². The fourth-order valence-corrected chi connectivity index (χ4v) is 6.93.